The highest BCUT2D eigenvalue weighted by atomic mass is 35.5. The van der Waals surface area contributed by atoms with Gasteiger partial charge in [0.05, 0.1) is 40.0 Å². The molecule has 2 aromatic carbocycles. The van der Waals surface area contributed by atoms with Crippen molar-refractivity contribution in [1.29, 1.82) is 0 Å². The highest BCUT2D eigenvalue weighted by molar-refractivity contribution is 7.93. The number of alkyl halides is 8. The fourth-order valence-corrected chi connectivity index (χ4v) is 9.91. The van der Waals surface area contributed by atoms with Gasteiger partial charge in [-0.2, -0.15) is 49.6 Å². The van der Waals surface area contributed by atoms with Crippen LogP contribution in [0.2, 0.25) is 5.02 Å². The molecule has 3 atom stereocenters. The highest BCUT2D eigenvalue weighted by Crippen LogP contribution is 2.68. The number of esters is 2. The number of carboxylic acid groups (broad SMARTS) is 2. The number of carboxylic acids is 2. The minimum atomic E-state index is -5.32. The van der Waals surface area contributed by atoms with Gasteiger partial charge in [0.25, 0.3) is 5.92 Å². The molecule has 82 heavy (non-hydrogen) atoms. The van der Waals surface area contributed by atoms with Crippen LogP contribution in [-0.4, -0.2) is 130 Å². The maximum atomic E-state index is 15.7. The number of sulfonamides is 1. The number of nitrogens with one attached hydrogen (secondary N) is 2. The normalized spacial score (nSPS) is 16.1. The molecule has 0 saturated heterocycles. The van der Waals surface area contributed by atoms with E-state index in [2.05, 4.69) is 41.8 Å². The number of aromatic nitrogens is 5. The topological polar surface area (TPSA) is 305 Å². The molecule has 0 bridgehead atoms. The lowest BCUT2D eigenvalue weighted by atomic mass is 9.93. The molecule has 1 fully saturated rings. The lowest BCUT2D eigenvalue weighted by molar-refractivity contribution is -0.166. The Morgan fingerprint density at radius 3 is 1.99 bits per heavy atom. The molecule has 2 aliphatic rings. The molecule has 4 N–H and O–H groups in total. The number of hydrogen-bond donors (Lipinski definition) is 4. The Morgan fingerprint density at radius 2 is 1.45 bits per heavy atom. The third-order valence-corrected chi connectivity index (χ3v) is 15.8. The van der Waals surface area contributed by atoms with Gasteiger partial charge in [-0.05, 0) is 74.4 Å². The maximum Gasteiger partial charge on any atom is 0.435 e. The Bertz CT molecular complexity index is 3750. The van der Waals surface area contributed by atoms with Crippen LogP contribution in [0.25, 0.3) is 22.0 Å². The lowest BCUT2D eigenvalue weighted by Gasteiger charge is -2.24. The molecule has 1 saturated carbocycles. The van der Waals surface area contributed by atoms with Gasteiger partial charge in [0.15, 0.2) is 21.3 Å². The molecule has 0 spiro atoms. The first kappa shape index (κ1) is 61.6. The Balaban J connectivity index is 1.46. The number of aliphatic carboxylic acids is 2. The van der Waals surface area contributed by atoms with E-state index in [1.165, 1.54) is 13.8 Å². The predicted octanol–water partition coefficient (Wildman–Crippen LogP) is 5.39. The number of halogens is 11. The van der Waals surface area contributed by atoms with Crippen molar-refractivity contribution < 1.29 is 109 Å². The van der Waals surface area contributed by atoms with E-state index in [1.807, 2.05) is 5.32 Å². The molecule has 5 aromatic rings. The summed E-state index contributed by atoms with van der Waals surface area (Å²) < 4.78 is 208. The zero-order chi connectivity index (χ0) is 61.1. The second kappa shape index (κ2) is 22.0. The van der Waals surface area contributed by atoms with E-state index in [0.717, 1.165) is 42.7 Å². The summed E-state index contributed by atoms with van der Waals surface area (Å²) >= 11 is 6.62. The number of sulfone groups is 1. The molecule has 1 unspecified atom stereocenters. The fraction of sp³-hybridized carbons (Fsp3) is 0.383. The van der Waals surface area contributed by atoms with Crippen LogP contribution in [0.1, 0.15) is 66.1 Å². The molecule has 7 rings (SSSR count). The van der Waals surface area contributed by atoms with Crippen molar-refractivity contribution in [3.63, 3.8) is 0 Å². The van der Waals surface area contributed by atoms with E-state index < -0.39 is 208 Å². The monoisotopic (exact) mass is 1230 g/mol. The first-order valence-corrected chi connectivity index (χ1v) is 27.2. The lowest BCUT2D eigenvalue weighted by Crippen LogP contribution is -2.51. The van der Waals surface area contributed by atoms with Crippen LogP contribution in [-0.2, 0) is 84.9 Å². The van der Waals surface area contributed by atoms with Crippen molar-refractivity contribution in [2.75, 3.05) is 30.0 Å². The van der Waals surface area contributed by atoms with E-state index in [4.69, 9.17) is 21.8 Å². The van der Waals surface area contributed by atoms with Gasteiger partial charge < -0.3 is 30.3 Å². The third-order valence-electron chi connectivity index (χ3n) is 12.5. The summed E-state index contributed by atoms with van der Waals surface area (Å²) in [5, 5.41) is 27.7. The Kier molecular flexibility index (Phi) is 16.5. The number of benzene rings is 2. The molecule has 0 aliphatic heterocycles. The number of ether oxygens (including phenoxy) is 2. The Morgan fingerprint density at radius 1 is 0.866 bits per heavy atom. The summed E-state index contributed by atoms with van der Waals surface area (Å²) in [6.45, 7) is -3.82. The third kappa shape index (κ3) is 13.1. The van der Waals surface area contributed by atoms with Gasteiger partial charge in [0.2, 0.25) is 15.9 Å². The maximum absolute atomic E-state index is 15.7. The van der Waals surface area contributed by atoms with Gasteiger partial charge in [-0.25, -0.2) is 54.6 Å². The van der Waals surface area contributed by atoms with E-state index >= 15 is 8.78 Å². The predicted molar refractivity (Wildman–Crippen MR) is 260 cm³/mol. The van der Waals surface area contributed by atoms with Crippen molar-refractivity contribution in [2.45, 2.75) is 80.8 Å². The summed E-state index contributed by atoms with van der Waals surface area (Å²) in [6.07, 6.45) is -10.6. The van der Waals surface area contributed by atoms with Crippen LogP contribution in [0.5, 0.6) is 0 Å². The number of carbonyl (C=O) groups is 6. The zero-order valence-electron chi connectivity index (χ0n) is 42.0. The first-order chi connectivity index (χ1) is 37.7. The molecule has 3 aromatic heterocycles. The molecule has 440 valence electrons. The molecule has 0 radical (unpaired) electrons. The number of amides is 3. The molecule has 3 heterocycles. The Labute approximate surface area is 459 Å². The van der Waals surface area contributed by atoms with E-state index in [1.54, 1.807) is 0 Å². The van der Waals surface area contributed by atoms with Gasteiger partial charge in [-0.1, -0.05) is 23.6 Å². The van der Waals surface area contributed by atoms with Gasteiger partial charge in [0, 0.05) is 34.9 Å². The standard InChI is InChI=1S/C47H39ClF10N8O14S2/c1-44(2,81(3,75)76)10-9-23-5-6-25(34(59-23)30(13-20-11-21(49)14-22(50)12-20)61-31(67)16-64-37-32(36(62-64)47(56,57)58)27-15-28(27)46(37,54)55)26-7-8-29(48)33-35(26)65(19-45(51,52)53)63-38(33)66(82(4,77)78)43(74)60-24(17-79-41(72)39(68)69)18-80-42(73)40(70)71/h5-8,11-12,14,24,27-28,30H,13,15-19H2,1-4H3,(H,60,74)(H,61,67)(H,68,69)(H,70,71)/t27-,28+,30?/m0/s1. The van der Waals surface area contributed by atoms with E-state index in [0.29, 0.717) is 12.3 Å². The summed E-state index contributed by atoms with van der Waals surface area (Å²) in [6, 6.07) is -0.0862. The van der Waals surface area contributed by atoms with Crippen LogP contribution in [0.3, 0.4) is 0 Å². The van der Waals surface area contributed by atoms with Gasteiger partial charge >= 0.3 is 42.3 Å². The highest BCUT2D eigenvalue weighted by Gasteiger charge is 2.68. The number of nitrogens with zero attached hydrogens (tertiary/aromatic N) is 6. The van der Waals surface area contributed by atoms with Gasteiger partial charge in [0.1, 0.15) is 54.1 Å². The fourth-order valence-electron chi connectivity index (χ4n) is 8.64. The largest absolute Gasteiger partial charge is 0.473 e. The summed E-state index contributed by atoms with van der Waals surface area (Å²) in [5.41, 5.74) is -6.98. The smallest absolute Gasteiger partial charge is 0.435 e. The first-order valence-electron chi connectivity index (χ1n) is 23.1. The SMILES string of the molecule is CC(C)(C#Cc1ccc(-c2ccc(Cl)c3c(N(C(=O)NC(COC(=O)C(=O)O)COC(=O)C(=O)O)S(C)(=O)=O)nn(CC(F)(F)F)c23)c(C(Cc2cc(F)cc(F)c2)NC(=O)Cn2nc(C(F)(F)F)c3c2C(F)(F)[C@@H]2C[C@H]32)n1)S(C)(=O)=O. The molecular formula is C47H39ClF10N8O14S2. The number of urea groups is 1. The van der Waals surface area contributed by atoms with Gasteiger partial charge in [-0.15, -0.1) is 0 Å². The van der Waals surface area contributed by atoms with Crippen molar-refractivity contribution in [3.05, 3.63) is 93.0 Å². The summed E-state index contributed by atoms with van der Waals surface area (Å²) in [4.78, 5) is 78.6. The van der Waals surface area contributed by atoms with Crippen molar-refractivity contribution in [1.82, 2.24) is 35.2 Å². The van der Waals surface area contributed by atoms with Crippen molar-refractivity contribution in [3.8, 4) is 23.0 Å². The molecule has 22 nitrogen and oxygen atoms in total. The number of pyridine rings is 1. The number of rotatable bonds is 16. The molecule has 2 aliphatic carbocycles. The number of anilines is 1. The van der Waals surface area contributed by atoms with E-state index in [-0.39, 0.29) is 25.7 Å². The average molecular weight is 1230 g/mol. The summed E-state index contributed by atoms with van der Waals surface area (Å²) in [7, 11) is -9.21. The second-order valence-electron chi connectivity index (χ2n) is 19.0. The van der Waals surface area contributed by atoms with E-state index in [9.17, 15) is 80.7 Å². The number of hydrogen-bond acceptors (Lipinski definition) is 15. The van der Waals surface area contributed by atoms with Crippen molar-refractivity contribution >= 4 is 84.0 Å². The molecule has 3 amide bonds. The second-order valence-corrected chi connectivity index (χ2v) is 23.8. The van der Waals surface area contributed by atoms with Gasteiger partial charge in [-0.3, -0.25) is 14.2 Å². The van der Waals surface area contributed by atoms with Crippen LogP contribution in [0, 0.1) is 29.4 Å². The quantitative estimate of drug-likeness (QED) is 0.0416. The van der Waals surface area contributed by atoms with Crippen LogP contribution >= 0.6 is 11.6 Å². The Hall–Kier alpha value is -8.06. The number of fused-ring (bicyclic) bond motifs is 4. The average Bonchev–Trinajstić information content (AvgIpc) is 2.93. The zero-order valence-corrected chi connectivity index (χ0v) is 44.4. The molecular weight excluding hydrogens is 1190 g/mol. The molecule has 35 heteroatoms. The van der Waals surface area contributed by atoms with Crippen LogP contribution < -0.4 is 14.9 Å². The summed E-state index contributed by atoms with van der Waals surface area (Å²) in [5.74, 6) is -15.3. The van der Waals surface area contributed by atoms with Crippen LogP contribution in [0.15, 0.2) is 42.5 Å². The van der Waals surface area contributed by atoms with Crippen molar-refractivity contribution in [2.24, 2.45) is 5.92 Å². The minimum absolute atomic E-state index is 0.0705. The number of carbonyl (C=O) groups excluding carboxylic acids is 4. The van der Waals surface area contributed by atoms with Crippen LogP contribution in [0.4, 0.5) is 54.5 Å². The minimum Gasteiger partial charge on any atom is -0.473 e.